The third kappa shape index (κ3) is 7.01. The second kappa shape index (κ2) is 8.12. The van der Waals surface area contributed by atoms with Gasteiger partial charge in [0.1, 0.15) is 0 Å². The van der Waals surface area contributed by atoms with Crippen molar-refractivity contribution in [2.24, 2.45) is 10.8 Å². The molecule has 0 radical (unpaired) electrons. The van der Waals surface area contributed by atoms with Crippen molar-refractivity contribution in [1.82, 2.24) is 4.90 Å². The van der Waals surface area contributed by atoms with Crippen LogP contribution in [-0.4, -0.2) is 37.6 Å². The van der Waals surface area contributed by atoms with Crippen LogP contribution in [0.3, 0.4) is 0 Å². The van der Waals surface area contributed by atoms with Crippen LogP contribution >= 0.6 is 0 Å². The summed E-state index contributed by atoms with van der Waals surface area (Å²) in [5.74, 6) is 0.628. The highest BCUT2D eigenvalue weighted by Gasteiger charge is 2.20. The van der Waals surface area contributed by atoms with Crippen LogP contribution in [0.2, 0.25) is 0 Å². The molecule has 1 saturated heterocycles. The van der Waals surface area contributed by atoms with E-state index in [2.05, 4.69) is 82.5 Å². The van der Waals surface area contributed by atoms with Crippen LogP contribution in [0.4, 0.5) is 5.69 Å². The van der Waals surface area contributed by atoms with Gasteiger partial charge in [-0.05, 0) is 53.8 Å². The highest BCUT2D eigenvalue weighted by molar-refractivity contribution is 5.48. The Morgan fingerprint density at radius 3 is 1.88 bits per heavy atom. The molecule has 0 bridgehead atoms. The van der Waals surface area contributed by atoms with Gasteiger partial charge in [0, 0.05) is 31.9 Å². The molecule has 1 atom stereocenters. The maximum atomic E-state index is 2.63. The van der Waals surface area contributed by atoms with Crippen LogP contribution in [0, 0.1) is 10.8 Å². The maximum absolute atomic E-state index is 2.63. The molecule has 142 valence electrons. The van der Waals surface area contributed by atoms with Gasteiger partial charge in [-0.25, -0.2) is 0 Å². The fraction of sp³-hybridized carbons (Fsp3) is 0.739. The van der Waals surface area contributed by atoms with Gasteiger partial charge in [-0.1, -0.05) is 60.6 Å². The number of anilines is 1. The summed E-state index contributed by atoms with van der Waals surface area (Å²) in [5, 5.41) is 0. The Morgan fingerprint density at radius 2 is 1.40 bits per heavy atom. The summed E-state index contributed by atoms with van der Waals surface area (Å²) < 4.78 is 0. The van der Waals surface area contributed by atoms with Crippen molar-refractivity contribution in [2.75, 3.05) is 37.6 Å². The lowest BCUT2D eigenvalue weighted by Gasteiger charge is -2.37. The lowest BCUT2D eigenvalue weighted by atomic mass is 9.82. The third-order valence-electron chi connectivity index (χ3n) is 5.30. The zero-order valence-corrected chi connectivity index (χ0v) is 17.7. The molecule has 1 heterocycles. The van der Waals surface area contributed by atoms with Gasteiger partial charge < -0.3 is 4.90 Å². The van der Waals surface area contributed by atoms with E-state index in [0.717, 1.165) is 13.1 Å². The Morgan fingerprint density at radius 1 is 0.840 bits per heavy atom. The summed E-state index contributed by atoms with van der Waals surface area (Å²) in [6.07, 6.45) is 2.52. The van der Waals surface area contributed by atoms with Gasteiger partial charge in [-0.15, -0.1) is 0 Å². The Bertz CT molecular complexity index is 511. The number of benzene rings is 1. The van der Waals surface area contributed by atoms with E-state index in [1.54, 1.807) is 0 Å². The smallest absolute Gasteiger partial charge is 0.0367 e. The Kier molecular flexibility index (Phi) is 6.59. The molecule has 25 heavy (non-hydrogen) atoms. The van der Waals surface area contributed by atoms with Crippen molar-refractivity contribution in [3.63, 3.8) is 0 Å². The van der Waals surface area contributed by atoms with Crippen molar-refractivity contribution in [2.45, 2.75) is 67.2 Å². The van der Waals surface area contributed by atoms with Crippen molar-refractivity contribution in [1.29, 1.82) is 0 Å². The highest BCUT2D eigenvalue weighted by Crippen LogP contribution is 2.31. The average Bonchev–Trinajstić information content (AvgIpc) is 2.51. The Labute approximate surface area is 156 Å². The average molecular weight is 345 g/mol. The zero-order valence-electron chi connectivity index (χ0n) is 17.7. The van der Waals surface area contributed by atoms with Crippen LogP contribution in [0.1, 0.15) is 72.8 Å². The first-order valence-corrected chi connectivity index (χ1v) is 10.1. The maximum Gasteiger partial charge on any atom is 0.0367 e. The molecule has 0 amide bonds. The standard InChI is InChI=1S/C23H40N2/c1-19(18-23(5,6)7)20-8-10-21(11-9-20)25-16-14-24(15-17-25)13-12-22(2,3)4/h8-11,19H,12-18H2,1-7H3. The molecule has 0 aromatic heterocycles. The van der Waals surface area contributed by atoms with E-state index in [1.807, 2.05) is 0 Å². The second-order valence-corrected chi connectivity index (χ2v) is 10.4. The van der Waals surface area contributed by atoms with Crippen molar-refractivity contribution < 1.29 is 0 Å². The van der Waals surface area contributed by atoms with Crippen LogP contribution < -0.4 is 4.90 Å². The van der Waals surface area contributed by atoms with Crippen molar-refractivity contribution in [3.8, 4) is 0 Å². The van der Waals surface area contributed by atoms with Crippen LogP contribution in [0.15, 0.2) is 24.3 Å². The first-order valence-electron chi connectivity index (χ1n) is 10.1. The molecule has 1 aliphatic rings. The second-order valence-electron chi connectivity index (χ2n) is 10.4. The number of rotatable bonds is 5. The molecule has 1 aliphatic heterocycles. The van der Waals surface area contributed by atoms with Gasteiger partial charge in [0.05, 0.1) is 0 Å². The van der Waals surface area contributed by atoms with E-state index in [1.165, 1.54) is 43.7 Å². The summed E-state index contributed by atoms with van der Waals surface area (Å²) in [5.41, 5.74) is 3.70. The topological polar surface area (TPSA) is 6.48 Å². The summed E-state index contributed by atoms with van der Waals surface area (Å²) in [6.45, 7) is 22.3. The molecule has 1 unspecified atom stereocenters. The molecular weight excluding hydrogens is 304 g/mol. The molecular formula is C23H40N2. The van der Waals surface area contributed by atoms with Gasteiger partial charge in [-0.3, -0.25) is 4.90 Å². The summed E-state index contributed by atoms with van der Waals surface area (Å²) in [7, 11) is 0. The predicted molar refractivity (Wildman–Crippen MR) is 112 cm³/mol. The first kappa shape index (κ1) is 20.3. The molecule has 1 fully saturated rings. The largest absolute Gasteiger partial charge is 0.369 e. The monoisotopic (exact) mass is 344 g/mol. The molecule has 0 N–H and O–H groups in total. The molecule has 0 saturated carbocycles. The lowest BCUT2D eigenvalue weighted by molar-refractivity contribution is 0.217. The molecule has 2 rings (SSSR count). The number of nitrogens with zero attached hydrogens (tertiary/aromatic N) is 2. The molecule has 1 aromatic carbocycles. The highest BCUT2D eigenvalue weighted by atomic mass is 15.3. The van der Waals surface area contributed by atoms with E-state index >= 15 is 0 Å². The lowest BCUT2D eigenvalue weighted by Crippen LogP contribution is -2.47. The Hall–Kier alpha value is -1.02. The predicted octanol–water partition coefficient (Wildman–Crippen LogP) is 5.78. The normalized spacial score (nSPS) is 18.4. The van der Waals surface area contributed by atoms with E-state index in [0.29, 0.717) is 16.7 Å². The fourth-order valence-electron chi connectivity index (χ4n) is 3.77. The third-order valence-corrected chi connectivity index (χ3v) is 5.30. The van der Waals surface area contributed by atoms with Crippen LogP contribution in [0.25, 0.3) is 0 Å². The van der Waals surface area contributed by atoms with Gasteiger partial charge in [0.25, 0.3) is 0 Å². The zero-order chi connectivity index (χ0) is 18.7. The fourth-order valence-corrected chi connectivity index (χ4v) is 3.77. The van der Waals surface area contributed by atoms with Crippen LogP contribution in [0.5, 0.6) is 0 Å². The van der Waals surface area contributed by atoms with E-state index in [-0.39, 0.29) is 0 Å². The van der Waals surface area contributed by atoms with E-state index in [4.69, 9.17) is 0 Å². The Balaban J connectivity index is 1.85. The number of hydrogen-bond donors (Lipinski definition) is 0. The summed E-state index contributed by atoms with van der Waals surface area (Å²) in [6, 6.07) is 9.36. The summed E-state index contributed by atoms with van der Waals surface area (Å²) in [4.78, 5) is 5.17. The quantitative estimate of drug-likeness (QED) is 0.667. The molecule has 1 aromatic rings. The van der Waals surface area contributed by atoms with Crippen molar-refractivity contribution in [3.05, 3.63) is 29.8 Å². The minimum Gasteiger partial charge on any atom is -0.369 e. The van der Waals surface area contributed by atoms with Crippen molar-refractivity contribution >= 4 is 5.69 Å². The van der Waals surface area contributed by atoms with Gasteiger partial charge in [0.15, 0.2) is 0 Å². The molecule has 2 heteroatoms. The van der Waals surface area contributed by atoms with Crippen LogP contribution in [-0.2, 0) is 0 Å². The number of hydrogen-bond acceptors (Lipinski definition) is 2. The molecule has 0 aliphatic carbocycles. The summed E-state index contributed by atoms with van der Waals surface area (Å²) >= 11 is 0. The minimum atomic E-state index is 0.390. The molecule has 0 spiro atoms. The number of piperazine rings is 1. The van der Waals surface area contributed by atoms with Gasteiger partial charge in [0.2, 0.25) is 0 Å². The minimum absolute atomic E-state index is 0.390. The first-order chi connectivity index (χ1) is 11.5. The van der Waals surface area contributed by atoms with E-state index in [9.17, 15) is 0 Å². The van der Waals surface area contributed by atoms with Gasteiger partial charge in [-0.2, -0.15) is 0 Å². The molecule has 2 nitrogen and oxygen atoms in total. The SMILES string of the molecule is CC(CC(C)(C)C)c1ccc(N2CCN(CCC(C)(C)C)CC2)cc1. The van der Waals surface area contributed by atoms with E-state index < -0.39 is 0 Å². The van der Waals surface area contributed by atoms with Gasteiger partial charge >= 0.3 is 0 Å².